The second-order valence-electron chi connectivity index (χ2n) is 4.87. The number of rotatable bonds is 4. The Bertz CT molecular complexity index is 756. The lowest BCUT2D eigenvalue weighted by atomic mass is 10.1. The third kappa shape index (κ3) is 3.14. The van der Waals surface area contributed by atoms with Crippen LogP contribution in [0.5, 0.6) is 11.5 Å². The van der Waals surface area contributed by atoms with Crippen molar-refractivity contribution < 1.29 is 14.3 Å². The van der Waals surface area contributed by atoms with Crippen LogP contribution in [0, 0.1) is 6.92 Å². The van der Waals surface area contributed by atoms with Gasteiger partial charge in [0.05, 0.1) is 0 Å². The van der Waals surface area contributed by atoms with E-state index in [-0.39, 0.29) is 12.6 Å². The normalized spacial score (nSPS) is 12.6. The third-order valence-electron chi connectivity index (χ3n) is 3.30. The molecule has 0 atom stereocenters. The van der Waals surface area contributed by atoms with Crippen LogP contribution in [0.25, 0.3) is 0 Å². The second-order valence-corrected chi connectivity index (χ2v) is 5.73. The molecule has 1 heterocycles. The molecule has 112 valence electrons. The van der Waals surface area contributed by atoms with Crippen LogP contribution < -0.4 is 14.8 Å². The predicted molar refractivity (Wildman–Crippen MR) is 88.5 cm³/mol. The van der Waals surface area contributed by atoms with E-state index < -0.39 is 0 Å². The van der Waals surface area contributed by atoms with Gasteiger partial charge in [-0.3, -0.25) is 4.79 Å². The molecule has 0 radical (unpaired) electrons. The molecule has 0 spiro atoms. The molecule has 5 heteroatoms. The Hall–Kier alpha value is -2.27. The molecule has 0 aliphatic carbocycles. The summed E-state index contributed by atoms with van der Waals surface area (Å²) < 4.78 is 11.5. The Labute approximate surface area is 136 Å². The number of ether oxygens (including phenoxy) is 2. The van der Waals surface area contributed by atoms with E-state index in [9.17, 15) is 4.79 Å². The highest BCUT2D eigenvalue weighted by atomic mass is 79.9. The monoisotopic (exact) mass is 359 g/mol. The summed E-state index contributed by atoms with van der Waals surface area (Å²) in [5, 5.41) is 3.09. The van der Waals surface area contributed by atoms with Crippen LogP contribution in [-0.2, 0) is 0 Å². The van der Waals surface area contributed by atoms with E-state index in [1.807, 2.05) is 25.1 Å². The number of hydrogen-bond donors (Lipinski definition) is 1. The van der Waals surface area contributed by atoms with Crippen molar-refractivity contribution in [1.82, 2.24) is 0 Å². The first-order chi connectivity index (χ1) is 10.6. The molecule has 3 rings (SSSR count). The topological polar surface area (TPSA) is 47.6 Å². The highest BCUT2D eigenvalue weighted by Gasteiger charge is 2.14. The van der Waals surface area contributed by atoms with Crippen molar-refractivity contribution >= 4 is 27.4 Å². The lowest BCUT2D eigenvalue weighted by molar-refractivity contribution is 0.104. The first-order valence-electron chi connectivity index (χ1n) is 6.77. The summed E-state index contributed by atoms with van der Waals surface area (Å²) in [6.07, 6.45) is 3.13. The minimum Gasteiger partial charge on any atom is -0.454 e. The molecule has 22 heavy (non-hydrogen) atoms. The number of ketones is 1. The van der Waals surface area contributed by atoms with Crippen molar-refractivity contribution in [2.45, 2.75) is 6.92 Å². The van der Waals surface area contributed by atoms with Gasteiger partial charge in [-0.2, -0.15) is 0 Å². The van der Waals surface area contributed by atoms with E-state index >= 15 is 0 Å². The van der Waals surface area contributed by atoms with Crippen LogP contribution in [0.1, 0.15) is 15.9 Å². The lowest BCUT2D eigenvalue weighted by Gasteiger charge is -2.04. The van der Waals surface area contributed by atoms with Gasteiger partial charge in [-0.25, -0.2) is 0 Å². The van der Waals surface area contributed by atoms with Crippen LogP contribution in [0.3, 0.4) is 0 Å². The summed E-state index contributed by atoms with van der Waals surface area (Å²) in [4.78, 5) is 12.1. The van der Waals surface area contributed by atoms with Crippen molar-refractivity contribution in [3.05, 3.63) is 64.3 Å². The SMILES string of the molecule is Cc1cc(NC=CC(=O)c2ccc3c(c2)OCO3)ccc1Br. The zero-order valence-electron chi connectivity index (χ0n) is 11.9. The van der Waals surface area contributed by atoms with Gasteiger partial charge in [0.1, 0.15) is 0 Å². The number of anilines is 1. The molecular weight excluding hydrogens is 346 g/mol. The van der Waals surface area contributed by atoms with Gasteiger partial charge < -0.3 is 14.8 Å². The molecule has 0 fully saturated rings. The highest BCUT2D eigenvalue weighted by Crippen LogP contribution is 2.32. The Morgan fingerprint density at radius 3 is 2.82 bits per heavy atom. The van der Waals surface area contributed by atoms with Crippen molar-refractivity contribution in [3.8, 4) is 11.5 Å². The molecule has 4 nitrogen and oxygen atoms in total. The molecule has 0 unspecified atom stereocenters. The molecule has 2 aromatic rings. The van der Waals surface area contributed by atoms with Gasteiger partial charge in [-0.15, -0.1) is 0 Å². The lowest BCUT2D eigenvalue weighted by Crippen LogP contribution is -1.96. The molecule has 1 aliphatic heterocycles. The smallest absolute Gasteiger partial charge is 0.231 e. The fraction of sp³-hybridized carbons (Fsp3) is 0.118. The Balaban J connectivity index is 1.67. The number of hydrogen-bond acceptors (Lipinski definition) is 4. The fourth-order valence-electron chi connectivity index (χ4n) is 2.09. The van der Waals surface area contributed by atoms with Crippen LogP contribution in [0.15, 0.2) is 53.1 Å². The molecule has 0 bridgehead atoms. The van der Waals surface area contributed by atoms with E-state index in [0.717, 1.165) is 15.7 Å². The summed E-state index contributed by atoms with van der Waals surface area (Å²) in [6, 6.07) is 11.1. The summed E-state index contributed by atoms with van der Waals surface area (Å²) in [6.45, 7) is 2.21. The third-order valence-corrected chi connectivity index (χ3v) is 4.19. The maximum absolute atomic E-state index is 12.1. The minimum absolute atomic E-state index is 0.0976. The number of carbonyl (C=O) groups excluding carboxylic acids is 1. The Morgan fingerprint density at radius 1 is 1.18 bits per heavy atom. The van der Waals surface area contributed by atoms with E-state index in [1.165, 1.54) is 6.08 Å². The van der Waals surface area contributed by atoms with E-state index in [4.69, 9.17) is 9.47 Å². The Morgan fingerprint density at radius 2 is 2.00 bits per heavy atom. The molecular formula is C17H14BrNO3. The largest absolute Gasteiger partial charge is 0.454 e. The molecule has 0 saturated heterocycles. The number of fused-ring (bicyclic) bond motifs is 1. The molecule has 1 N–H and O–H groups in total. The quantitative estimate of drug-likeness (QED) is 0.653. The van der Waals surface area contributed by atoms with Crippen LogP contribution in [0.4, 0.5) is 5.69 Å². The van der Waals surface area contributed by atoms with Crippen molar-refractivity contribution in [1.29, 1.82) is 0 Å². The second kappa shape index (κ2) is 6.23. The Kier molecular flexibility index (Phi) is 4.15. The summed E-state index contributed by atoms with van der Waals surface area (Å²) >= 11 is 3.45. The number of halogens is 1. The average Bonchev–Trinajstić information content (AvgIpc) is 2.98. The fourth-order valence-corrected chi connectivity index (χ4v) is 2.34. The first kappa shape index (κ1) is 14.7. The number of nitrogens with one attached hydrogen (secondary N) is 1. The van der Waals surface area contributed by atoms with Gasteiger partial charge in [-0.05, 0) is 48.9 Å². The van der Waals surface area contributed by atoms with Crippen molar-refractivity contribution in [2.24, 2.45) is 0 Å². The number of benzene rings is 2. The van der Waals surface area contributed by atoms with E-state index in [1.54, 1.807) is 24.4 Å². The molecule has 1 aliphatic rings. The predicted octanol–water partition coefficient (Wildman–Crippen LogP) is 4.29. The van der Waals surface area contributed by atoms with E-state index in [0.29, 0.717) is 17.1 Å². The highest BCUT2D eigenvalue weighted by molar-refractivity contribution is 9.10. The summed E-state index contributed by atoms with van der Waals surface area (Å²) in [5.74, 6) is 1.18. The number of aryl methyl sites for hydroxylation is 1. The van der Waals surface area contributed by atoms with E-state index in [2.05, 4.69) is 21.2 Å². The maximum Gasteiger partial charge on any atom is 0.231 e. The van der Waals surface area contributed by atoms with Crippen LogP contribution in [-0.4, -0.2) is 12.6 Å². The molecule has 0 saturated carbocycles. The zero-order valence-corrected chi connectivity index (χ0v) is 13.5. The van der Waals surface area contributed by atoms with Gasteiger partial charge >= 0.3 is 0 Å². The molecule has 0 amide bonds. The minimum atomic E-state index is -0.0976. The van der Waals surface area contributed by atoms with Gasteiger partial charge in [0.25, 0.3) is 0 Å². The average molecular weight is 360 g/mol. The van der Waals surface area contributed by atoms with Gasteiger partial charge in [0, 0.05) is 28.0 Å². The summed E-state index contributed by atoms with van der Waals surface area (Å²) in [7, 11) is 0. The summed E-state index contributed by atoms with van der Waals surface area (Å²) in [5.41, 5.74) is 2.62. The van der Waals surface area contributed by atoms with Crippen LogP contribution >= 0.6 is 15.9 Å². The van der Waals surface area contributed by atoms with Crippen LogP contribution in [0.2, 0.25) is 0 Å². The van der Waals surface area contributed by atoms with Crippen molar-refractivity contribution in [2.75, 3.05) is 12.1 Å². The molecule has 0 aromatic heterocycles. The van der Waals surface area contributed by atoms with Crippen molar-refractivity contribution in [3.63, 3.8) is 0 Å². The number of allylic oxidation sites excluding steroid dienone is 1. The van der Waals surface area contributed by atoms with Gasteiger partial charge in [-0.1, -0.05) is 15.9 Å². The maximum atomic E-state index is 12.1. The molecule has 2 aromatic carbocycles. The zero-order chi connectivity index (χ0) is 15.5. The standard InChI is InChI=1S/C17H14BrNO3/c1-11-8-13(3-4-14(11)18)19-7-6-15(20)12-2-5-16-17(9-12)22-10-21-16/h2-9,19H,10H2,1H3. The van der Waals surface area contributed by atoms with Gasteiger partial charge in [0.15, 0.2) is 17.3 Å². The number of carbonyl (C=O) groups is 1. The first-order valence-corrected chi connectivity index (χ1v) is 7.56. The van der Waals surface area contributed by atoms with Gasteiger partial charge in [0.2, 0.25) is 6.79 Å².